The predicted molar refractivity (Wildman–Crippen MR) is 94.3 cm³/mol. The molecule has 3 heterocycles. The summed E-state index contributed by atoms with van der Waals surface area (Å²) in [5, 5.41) is 15.1. The number of ether oxygens (including phenoxy) is 1. The highest BCUT2D eigenvalue weighted by molar-refractivity contribution is 8.02. The van der Waals surface area contributed by atoms with Gasteiger partial charge in [0, 0.05) is 17.4 Å². The highest BCUT2D eigenvalue weighted by Crippen LogP contribution is 2.40. The number of thioether (sulfide) groups is 1. The summed E-state index contributed by atoms with van der Waals surface area (Å²) in [6.07, 6.45) is 0.175. The second-order valence-corrected chi connectivity index (χ2v) is 7.81. The van der Waals surface area contributed by atoms with Gasteiger partial charge in [-0.25, -0.2) is 4.79 Å². The van der Waals surface area contributed by atoms with Crippen molar-refractivity contribution in [1.82, 2.24) is 10.2 Å². The van der Waals surface area contributed by atoms with Gasteiger partial charge >= 0.3 is 11.9 Å². The SMILES string of the molecule is CC(=O)OCC1=CS[C@H]2C(NC(=O)Cc3cccs3)C(=O)N2C1C(=O)O. The third-order valence-electron chi connectivity index (χ3n) is 3.98. The number of hydrogen-bond acceptors (Lipinski definition) is 7. The Labute approximate surface area is 157 Å². The largest absolute Gasteiger partial charge is 0.479 e. The Kier molecular flexibility index (Phi) is 5.33. The summed E-state index contributed by atoms with van der Waals surface area (Å²) in [6, 6.07) is 1.71. The molecule has 2 N–H and O–H groups in total. The number of thiophene rings is 1. The molecule has 0 bridgehead atoms. The van der Waals surface area contributed by atoms with E-state index in [1.165, 1.54) is 34.9 Å². The maximum absolute atomic E-state index is 12.4. The molecule has 1 aromatic heterocycles. The van der Waals surface area contributed by atoms with E-state index in [1.54, 1.807) is 5.41 Å². The van der Waals surface area contributed by atoms with E-state index in [-0.39, 0.29) is 18.9 Å². The standard InChI is InChI=1S/C16H16N2O6S2/c1-8(19)24-6-9-7-26-15-12(14(21)18(15)13(9)16(22)23)17-11(20)5-10-3-2-4-25-10/h2-4,7,12-13,15H,5-6H2,1H3,(H,17,20)(H,22,23)/t12?,13?,15-/m0/s1. The zero-order valence-corrected chi connectivity index (χ0v) is 15.3. The Bertz CT molecular complexity index is 776. The van der Waals surface area contributed by atoms with Crippen molar-refractivity contribution in [3.05, 3.63) is 33.4 Å². The molecular weight excluding hydrogens is 380 g/mol. The molecule has 26 heavy (non-hydrogen) atoms. The normalized spacial score (nSPS) is 24.2. The average Bonchev–Trinajstić information content (AvgIpc) is 3.09. The minimum absolute atomic E-state index is 0.175. The van der Waals surface area contributed by atoms with Crippen molar-refractivity contribution in [2.75, 3.05) is 6.61 Å². The van der Waals surface area contributed by atoms with Crippen LogP contribution in [0.4, 0.5) is 0 Å². The van der Waals surface area contributed by atoms with Crippen molar-refractivity contribution in [3.8, 4) is 0 Å². The minimum atomic E-state index is -1.20. The Morgan fingerprint density at radius 3 is 2.77 bits per heavy atom. The quantitative estimate of drug-likeness (QED) is 0.534. The lowest BCUT2D eigenvalue weighted by Gasteiger charge is -2.51. The fourth-order valence-electron chi connectivity index (χ4n) is 2.81. The number of aliphatic carboxylic acids is 1. The molecule has 1 aromatic rings. The maximum atomic E-state index is 12.4. The van der Waals surface area contributed by atoms with Crippen molar-refractivity contribution in [2.24, 2.45) is 0 Å². The molecule has 0 radical (unpaired) electrons. The third kappa shape index (κ3) is 3.61. The van der Waals surface area contributed by atoms with Crippen LogP contribution in [0.25, 0.3) is 0 Å². The molecule has 10 heteroatoms. The number of amides is 2. The van der Waals surface area contributed by atoms with Crippen LogP contribution < -0.4 is 5.32 Å². The number of nitrogens with zero attached hydrogens (tertiary/aromatic N) is 1. The second-order valence-electron chi connectivity index (χ2n) is 5.79. The monoisotopic (exact) mass is 396 g/mol. The number of carbonyl (C=O) groups excluding carboxylic acids is 3. The van der Waals surface area contributed by atoms with Crippen molar-refractivity contribution in [3.63, 3.8) is 0 Å². The van der Waals surface area contributed by atoms with Crippen LogP contribution in [0.1, 0.15) is 11.8 Å². The predicted octanol–water partition coefficient (Wildman–Crippen LogP) is 0.591. The summed E-state index contributed by atoms with van der Waals surface area (Å²) in [4.78, 5) is 49.2. The lowest BCUT2D eigenvalue weighted by molar-refractivity contribution is -0.160. The molecule has 8 nitrogen and oxygen atoms in total. The highest BCUT2D eigenvalue weighted by Gasteiger charge is 2.55. The fourth-order valence-corrected chi connectivity index (χ4v) is 4.72. The summed E-state index contributed by atoms with van der Waals surface area (Å²) in [5.74, 6) is -2.48. The molecule has 2 aliphatic heterocycles. The van der Waals surface area contributed by atoms with Gasteiger partial charge in [-0.15, -0.1) is 23.1 Å². The molecule has 3 rings (SSSR count). The smallest absolute Gasteiger partial charge is 0.330 e. The van der Waals surface area contributed by atoms with E-state index in [1.807, 2.05) is 17.5 Å². The first kappa shape index (κ1) is 18.5. The van der Waals surface area contributed by atoms with Gasteiger partial charge in [-0.1, -0.05) is 6.07 Å². The molecule has 2 unspecified atom stereocenters. The summed E-state index contributed by atoms with van der Waals surface area (Å²) in [5.41, 5.74) is 0.325. The zero-order chi connectivity index (χ0) is 18.8. The van der Waals surface area contributed by atoms with Crippen LogP contribution in [-0.2, 0) is 30.3 Å². The molecule has 138 valence electrons. The summed E-state index contributed by atoms with van der Waals surface area (Å²) < 4.78 is 4.86. The highest BCUT2D eigenvalue weighted by atomic mass is 32.2. The van der Waals surface area contributed by atoms with E-state index in [2.05, 4.69) is 5.32 Å². The lowest BCUT2D eigenvalue weighted by atomic mass is 9.98. The van der Waals surface area contributed by atoms with Crippen molar-refractivity contribution < 1.29 is 29.0 Å². The Hall–Kier alpha value is -2.33. The van der Waals surface area contributed by atoms with Gasteiger partial charge in [0.25, 0.3) is 0 Å². The number of nitrogens with one attached hydrogen (secondary N) is 1. The topological polar surface area (TPSA) is 113 Å². The van der Waals surface area contributed by atoms with E-state index >= 15 is 0 Å². The minimum Gasteiger partial charge on any atom is -0.479 e. The van der Waals surface area contributed by atoms with Crippen LogP contribution in [0.3, 0.4) is 0 Å². The molecule has 3 atom stereocenters. The number of β-lactam (4-membered cyclic amide) rings is 1. The van der Waals surface area contributed by atoms with Crippen molar-refractivity contribution in [1.29, 1.82) is 0 Å². The number of hydrogen-bond donors (Lipinski definition) is 2. The molecule has 1 fully saturated rings. The van der Waals surface area contributed by atoms with Crippen LogP contribution in [0, 0.1) is 0 Å². The van der Waals surface area contributed by atoms with Gasteiger partial charge in [0.2, 0.25) is 11.8 Å². The van der Waals surface area contributed by atoms with E-state index < -0.39 is 35.3 Å². The molecule has 0 aromatic carbocycles. The average molecular weight is 396 g/mol. The molecular formula is C16H16N2O6S2. The van der Waals surface area contributed by atoms with Crippen LogP contribution in [-0.4, -0.2) is 57.8 Å². The molecule has 2 aliphatic rings. The van der Waals surface area contributed by atoms with Gasteiger partial charge in [0.1, 0.15) is 18.0 Å². The number of esters is 1. The second kappa shape index (κ2) is 7.50. The van der Waals surface area contributed by atoms with Gasteiger partial charge in [-0.05, 0) is 16.9 Å². The van der Waals surface area contributed by atoms with Crippen LogP contribution in [0.15, 0.2) is 28.5 Å². The summed E-state index contributed by atoms with van der Waals surface area (Å²) >= 11 is 2.68. The number of carbonyl (C=O) groups is 4. The van der Waals surface area contributed by atoms with Crippen molar-refractivity contribution >= 4 is 46.9 Å². The Balaban J connectivity index is 1.67. The molecule has 0 aliphatic carbocycles. The molecule has 1 saturated heterocycles. The van der Waals surface area contributed by atoms with Gasteiger partial charge in [-0.3, -0.25) is 14.4 Å². The number of fused-ring (bicyclic) bond motifs is 1. The van der Waals surface area contributed by atoms with E-state index in [0.717, 1.165) is 4.88 Å². The van der Waals surface area contributed by atoms with Gasteiger partial charge in [0.15, 0.2) is 6.04 Å². The third-order valence-corrected chi connectivity index (χ3v) is 6.07. The first-order valence-corrected chi connectivity index (χ1v) is 9.55. The Morgan fingerprint density at radius 1 is 1.38 bits per heavy atom. The number of carboxylic acid groups (broad SMARTS) is 1. The van der Waals surface area contributed by atoms with Gasteiger partial charge in [-0.2, -0.15) is 0 Å². The summed E-state index contributed by atoms with van der Waals surface area (Å²) in [6.45, 7) is 1.04. The van der Waals surface area contributed by atoms with Gasteiger partial charge in [0.05, 0.1) is 6.42 Å². The Morgan fingerprint density at radius 2 is 2.15 bits per heavy atom. The zero-order valence-electron chi connectivity index (χ0n) is 13.7. The van der Waals surface area contributed by atoms with Crippen LogP contribution in [0.2, 0.25) is 0 Å². The van der Waals surface area contributed by atoms with E-state index in [0.29, 0.717) is 5.57 Å². The van der Waals surface area contributed by atoms with Gasteiger partial charge < -0.3 is 20.1 Å². The first-order valence-electron chi connectivity index (χ1n) is 7.73. The maximum Gasteiger partial charge on any atom is 0.330 e. The van der Waals surface area contributed by atoms with E-state index in [4.69, 9.17) is 4.74 Å². The van der Waals surface area contributed by atoms with Crippen LogP contribution in [0.5, 0.6) is 0 Å². The molecule has 0 spiro atoms. The molecule has 0 saturated carbocycles. The first-order chi connectivity index (χ1) is 12.4. The fraction of sp³-hybridized carbons (Fsp3) is 0.375. The van der Waals surface area contributed by atoms with Crippen LogP contribution >= 0.6 is 23.1 Å². The van der Waals surface area contributed by atoms with Crippen molar-refractivity contribution in [2.45, 2.75) is 30.8 Å². The van der Waals surface area contributed by atoms with E-state index in [9.17, 15) is 24.3 Å². The number of carboxylic acids is 1. The molecule has 2 amide bonds. The summed E-state index contributed by atoms with van der Waals surface area (Å²) in [7, 11) is 0. The number of rotatable bonds is 6. The lowest BCUT2D eigenvalue weighted by Crippen LogP contribution is -2.74.